The van der Waals surface area contributed by atoms with Crippen molar-refractivity contribution < 1.29 is 9.90 Å². The number of aliphatic hydroxyl groups excluding tert-OH is 1. The fourth-order valence-corrected chi connectivity index (χ4v) is 2.99. The lowest BCUT2D eigenvalue weighted by atomic mass is 9.86. The molecule has 2 rings (SSSR count). The largest absolute Gasteiger partial charge is 0.393 e. The highest BCUT2D eigenvalue weighted by atomic mass is 16.3. The molecule has 1 heterocycles. The minimum absolute atomic E-state index is 0.0969. The molecule has 0 aromatic heterocycles. The quantitative estimate of drug-likeness (QED) is 0.669. The van der Waals surface area contributed by atoms with E-state index in [-0.39, 0.29) is 17.9 Å². The number of amides is 1. The Hall–Kier alpha value is -0.650. The van der Waals surface area contributed by atoms with Crippen LogP contribution in [0.5, 0.6) is 0 Å². The summed E-state index contributed by atoms with van der Waals surface area (Å²) in [6.07, 6.45) is 5.10. The van der Waals surface area contributed by atoms with Gasteiger partial charge in [0.15, 0.2) is 0 Å². The summed E-state index contributed by atoms with van der Waals surface area (Å²) in [5.74, 6) is 0.350. The van der Waals surface area contributed by atoms with Crippen LogP contribution >= 0.6 is 0 Å². The van der Waals surface area contributed by atoms with E-state index >= 15 is 0 Å². The Morgan fingerprint density at radius 1 is 1.21 bits per heavy atom. The molecule has 1 saturated heterocycles. The summed E-state index contributed by atoms with van der Waals surface area (Å²) in [5, 5.41) is 16.2. The first-order valence-electron chi connectivity index (χ1n) is 7.63. The number of aliphatic hydroxyl groups is 1. The van der Waals surface area contributed by atoms with Crippen LogP contribution in [-0.2, 0) is 4.79 Å². The van der Waals surface area contributed by atoms with Gasteiger partial charge in [0, 0.05) is 25.6 Å². The summed E-state index contributed by atoms with van der Waals surface area (Å²) in [5.41, 5.74) is 0. The van der Waals surface area contributed by atoms with Crippen molar-refractivity contribution in [2.75, 3.05) is 39.3 Å². The first kappa shape index (κ1) is 14.8. The van der Waals surface area contributed by atoms with Gasteiger partial charge >= 0.3 is 0 Å². The van der Waals surface area contributed by atoms with Crippen LogP contribution < -0.4 is 10.6 Å². The molecule has 110 valence electrons. The number of nitrogens with zero attached hydrogens (tertiary/aromatic N) is 1. The third-order valence-corrected chi connectivity index (χ3v) is 4.23. The molecule has 0 aromatic carbocycles. The van der Waals surface area contributed by atoms with Crippen molar-refractivity contribution in [3.05, 3.63) is 0 Å². The molecule has 1 aliphatic heterocycles. The highest BCUT2D eigenvalue weighted by molar-refractivity contribution is 5.78. The van der Waals surface area contributed by atoms with Crippen molar-refractivity contribution >= 4 is 5.91 Å². The summed E-state index contributed by atoms with van der Waals surface area (Å²) < 4.78 is 0. The molecule has 19 heavy (non-hydrogen) atoms. The number of carbonyl (C=O) groups excluding carboxylic acids is 1. The standard InChI is InChI=1S/C14H27N3O2/c18-13-5-2-1-4-12(13)10-16-14(19)11-17-8-3-6-15-7-9-17/h12-13,15,18H,1-11H2,(H,16,19). The smallest absolute Gasteiger partial charge is 0.234 e. The average molecular weight is 269 g/mol. The van der Waals surface area contributed by atoms with Crippen LogP contribution in [0.3, 0.4) is 0 Å². The Morgan fingerprint density at radius 3 is 2.89 bits per heavy atom. The molecule has 2 atom stereocenters. The van der Waals surface area contributed by atoms with Gasteiger partial charge in [-0.1, -0.05) is 12.8 Å². The molecule has 0 bridgehead atoms. The second-order valence-electron chi connectivity index (χ2n) is 5.80. The Labute approximate surface area is 115 Å². The molecule has 0 aromatic rings. The Kier molecular flexibility index (Phi) is 6.07. The Morgan fingerprint density at radius 2 is 2.05 bits per heavy atom. The Bertz CT molecular complexity index is 278. The van der Waals surface area contributed by atoms with Crippen molar-refractivity contribution in [2.45, 2.75) is 38.2 Å². The molecule has 2 aliphatic rings. The second kappa shape index (κ2) is 7.82. The molecule has 1 aliphatic carbocycles. The highest BCUT2D eigenvalue weighted by Gasteiger charge is 2.23. The maximum absolute atomic E-state index is 11.9. The minimum Gasteiger partial charge on any atom is -0.393 e. The van der Waals surface area contributed by atoms with E-state index in [9.17, 15) is 9.90 Å². The van der Waals surface area contributed by atoms with Gasteiger partial charge in [-0.3, -0.25) is 9.69 Å². The molecule has 2 fully saturated rings. The van der Waals surface area contributed by atoms with Gasteiger partial charge in [0.2, 0.25) is 5.91 Å². The van der Waals surface area contributed by atoms with Gasteiger partial charge in [0.1, 0.15) is 0 Å². The fraction of sp³-hybridized carbons (Fsp3) is 0.929. The van der Waals surface area contributed by atoms with Crippen molar-refractivity contribution in [3.8, 4) is 0 Å². The summed E-state index contributed by atoms with van der Waals surface area (Å²) in [6.45, 7) is 5.07. The fourth-order valence-electron chi connectivity index (χ4n) is 2.99. The zero-order chi connectivity index (χ0) is 13.5. The van der Waals surface area contributed by atoms with Crippen molar-refractivity contribution in [3.63, 3.8) is 0 Å². The lowest BCUT2D eigenvalue weighted by molar-refractivity contribution is -0.122. The SMILES string of the molecule is O=C(CN1CCCNCC1)NCC1CCCCC1O. The predicted molar refractivity (Wildman–Crippen MR) is 74.9 cm³/mol. The van der Waals surface area contributed by atoms with Crippen LogP contribution in [-0.4, -0.2) is 61.3 Å². The first-order chi connectivity index (χ1) is 9.25. The molecular weight excluding hydrogens is 242 g/mol. The number of hydrogen-bond acceptors (Lipinski definition) is 4. The zero-order valence-electron chi connectivity index (χ0n) is 11.7. The molecule has 0 spiro atoms. The van der Waals surface area contributed by atoms with Crippen LogP contribution in [0.2, 0.25) is 0 Å². The van der Waals surface area contributed by atoms with Gasteiger partial charge in [0.05, 0.1) is 12.6 Å². The summed E-state index contributed by atoms with van der Waals surface area (Å²) in [4.78, 5) is 14.1. The van der Waals surface area contributed by atoms with E-state index in [1.807, 2.05) is 0 Å². The van der Waals surface area contributed by atoms with E-state index in [1.54, 1.807) is 0 Å². The molecular formula is C14H27N3O2. The third kappa shape index (κ3) is 5.09. The maximum atomic E-state index is 11.9. The van der Waals surface area contributed by atoms with Gasteiger partial charge in [-0.25, -0.2) is 0 Å². The van der Waals surface area contributed by atoms with Gasteiger partial charge in [0.25, 0.3) is 0 Å². The number of nitrogens with one attached hydrogen (secondary N) is 2. The zero-order valence-corrected chi connectivity index (χ0v) is 11.7. The summed E-state index contributed by atoms with van der Waals surface area (Å²) in [6, 6.07) is 0. The number of hydrogen-bond donors (Lipinski definition) is 3. The van der Waals surface area contributed by atoms with Gasteiger partial charge in [-0.15, -0.1) is 0 Å². The minimum atomic E-state index is -0.226. The third-order valence-electron chi connectivity index (χ3n) is 4.23. The number of carbonyl (C=O) groups is 1. The molecule has 2 unspecified atom stereocenters. The van der Waals surface area contributed by atoms with E-state index in [2.05, 4.69) is 15.5 Å². The van der Waals surface area contributed by atoms with E-state index in [1.165, 1.54) is 6.42 Å². The van der Waals surface area contributed by atoms with E-state index in [4.69, 9.17) is 0 Å². The lowest BCUT2D eigenvalue weighted by Crippen LogP contribution is -2.42. The monoisotopic (exact) mass is 269 g/mol. The van der Waals surface area contributed by atoms with Crippen LogP contribution in [0.15, 0.2) is 0 Å². The molecule has 3 N–H and O–H groups in total. The molecule has 1 amide bonds. The van der Waals surface area contributed by atoms with Crippen LogP contribution in [0.25, 0.3) is 0 Å². The average Bonchev–Trinajstić information content (AvgIpc) is 2.66. The van der Waals surface area contributed by atoms with Crippen molar-refractivity contribution in [2.24, 2.45) is 5.92 Å². The highest BCUT2D eigenvalue weighted by Crippen LogP contribution is 2.23. The molecule has 5 heteroatoms. The van der Waals surface area contributed by atoms with Gasteiger partial charge in [-0.05, 0) is 32.4 Å². The topological polar surface area (TPSA) is 64.6 Å². The van der Waals surface area contributed by atoms with E-state index in [0.29, 0.717) is 13.1 Å². The van der Waals surface area contributed by atoms with Crippen LogP contribution in [0, 0.1) is 5.92 Å². The van der Waals surface area contributed by atoms with Crippen molar-refractivity contribution in [1.82, 2.24) is 15.5 Å². The summed E-state index contributed by atoms with van der Waals surface area (Å²) >= 11 is 0. The van der Waals surface area contributed by atoms with Crippen LogP contribution in [0.1, 0.15) is 32.1 Å². The van der Waals surface area contributed by atoms with Crippen molar-refractivity contribution in [1.29, 1.82) is 0 Å². The van der Waals surface area contributed by atoms with Gasteiger partial charge < -0.3 is 15.7 Å². The summed E-state index contributed by atoms with van der Waals surface area (Å²) in [7, 11) is 0. The predicted octanol–water partition coefficient (Wildman–Crippen LogP) is -0.0510. The Balaban J connectivity index is 1.65. The lowest BCUT2D eigenvalue weighted by Gasteiger charge is -2.28. The van der Waals surface area contributed by atoms with E-state index < -0.39 is 0 Å². The second-order valence-corrected chi connectivity index (χ2v) is 5.80. The van der Waals surface area contributed by atoms with E-state index in [0.717, 1.165) is 51.9 Å². The number of rotatable bonds is 4. The molecule has 1 saturated carbocycles. The normalized spacial score (nSPS) is 29.7. The molecule has 0 radical (unpaired) electrons. The first-order valence-corrected chi connectivity index (χ1v) is 7.63. The van der Waals surface area contributed by atoms with Crippen LogP contribution in [0.4, 0.5) is 0 Å². The van der Waals surface area contributed by atoms with Gasteiger partial charge in [-0.2, -0.15) is 0 Å². The molecule has 5 nitrogen and oxygen atoms in total. The maximum Gasteiger partial charge on any atom is 0.234 e.